The first-order chi connectivity index (χ1) is 8.10. The van der Waals surface area contributed by atoms with Crippen molar-refractivity contribution >= 4 is 5.69 Å². The molecule has 2 unspecified atom stereocenters. The molecule has 17 heavy (non-hydrogen) atoms. The van der Waals surface area contributed by atoms with Crippen LogP contribution >= 0.6 is 0 Å². The molecular weight excluding hydrogens is 208 g/mol. The van der Waals surface area contributed by atoms with E-state index in [0.717, 1.165) is 11.8 Å². The van der Waals surface area contributed by atoms with E-state index in [0.29, 0.717) is 6.54 Å². The summed E-state index contributed by atoms with van der Waals surface area (Å²) in [6.45, 7) is 9.91. The Kier molecular flexibility index (Phi) is 3.72. The van der Waals surface area contributed by atoms with Gasteiger partial charge in [0.1, 0.15) is 0 Å². The third-order valence-electron chi connectivity index (χ3n) is 3.71. The molecule has 2 N–H and O–H groups in total. The maximum atomic E-state index is 5.68. The summed E-state index contributed by atoms with van der Waals surface area (Å²) >= 11 is 0. The number of hydrogen-bond donors (Lipinski definition) is 1. The molecule has 1 aromatic carbocycles. The number of anilines is 1. The maximum absolute atomic E-state index is 5.68. The number of aryl methyl sites for hydroxylation is 1. The second kappa shape index (κ2) is 5.09. The highest BCUT2D eigenvalue weighted by Crippen LogP contribution is 2.28. The average molecular weight is 232 g/mol. The Labute approximate surface area is 105 Å². The topological polar surface area (TPSA) is 29.3 Å². The summed E-state index contributed by atoms with van der Waals surface area (Å²) in [4.78, 5) is 2.54. The fraction of sp³-hybridized carbons (Fsp3) is 0.600. The molecule has 0 aliphatic carbocycles. The van der Waals surface area contributed by atoms with Gasteiger partial charge in [0.2, 0.25) is 0 Å². The van der Waals surface area contributed by atoms with Crippen LogP contribution in [0.3, 0.4) is 0 Å². The number of benzene rings is 1. The third kappa shape index (κ3) is 2.81. The van der Waals surface area contributed by atoms with Crippen molar-refractivity contribution in [3.63, 3.8) is 0 Å². The lowest BCUT2D eigenvalue weighted by atomic mass is 9.91. The Morgan fingerprint density at radius 3 is 2.41 bits per heavy atom. The van der Waals surface area contributed by atoms with Crippen LogP contribution in [0.2, 0.25) is 0 Å². The number of nitrogens with two attached hydrogens (primary N) is 1. The third-order valence-corrected chi connectivity index (χ3v) is 3.71. The quantitative estimate of drug-likeness (QED) is 0.849. The minimum Gasteiger partial charge on any atom is -0.371 e. The van der Waals surface area contributed by atoms with Gasteiger partial charge in [-0.3, -0.25) is 0 Å². The zero-order valence-corrected chi connectivity index (χ0v) is 11.2. The van der Waals surface area contributed by atoms with E-state index >= 15 is 0 Å². The van der Waals surface area contributed by atoms with Gasteiger partial charge in [-0.15, -0.1) is 0 Å². The Bertz CT molecular complexity index is 377. The van der Waals surface area contributed by atoms with Crippen LogP contribution in [0.5, 0.6) is 0 Å². The Morgan fingerprint density at radius 1 is 1.24 bits per heavy atom. The molecule has 2 rings (SSSR count). The lowest BCUT2D eigenvalue weighted by molar-refractivity contribution is 0.356. The van der Waals surface area contributed by atoms with Crippen molar-refractivity contribution in [3.05, 3.63) is 29.3 Å². The molecule has 2 atom stereocenters. The van der Waals surface area contributed by atoms with E-state index in [1.165, 1.54) is 36.3 Å². The second-order valence-electron chi connectivity index (χ2n) is 5.68. The van der Waals surface area contributed by atoms with Gasteiger partial charge in [0.25, 0.3) is 0 Å². The predicted molar refractivity (Wildman–Crippen MR) is 74.2 cm³/mol. The molecule has 1 aliphatic heterocycles. The number of rotatable bonds is 2. The van der Waals surface area contributed by atoms with Gasteiger partial charge < -0.3 is 10.6 Å². The second-order valence-corrected chi connectivity index (χ2v) is 5.68. The van der Waals surface area contributed by atoms with Crippen molar-refractivity contribution in [3.8, 4) is 0 Å². The van der Waals surface area contributed by atoms with E-state index in [1.807, 2.05) is 0 Å². The summed E-state index contributed by atoms with van der Waals surface area (Å²) in [7, 11) is 0. The minimum atomic E-state index is 0.633. The van der Waals surface area contributed by atoms with E-state index in [2.05, 4.69) is 43.9 Å². The van der Waals surface area contributed by atoms with Crippen molar-refractivity contribution in [1.29, 1.82) is 0 Å². The molecule has 0 spiro atoms. The summed E-state index contributed by atoms with van der Waals surface area (Å²) in [5.74, 6) is 1.60. The molecule has 0 saturated carbocycles. The van der Waals surface area contributed by atoms with Crippen LogP contribution in [-0.2, 0) is 6.54 Å². The highest BCUT2D eigenvalue weighted by atomic mass is 15.1. The molecule has 94 valence electrons. The van der Waals surface area contributed by atoms with Crippen LogP contribution in [-0.4, -0.2) is 13.1 Å². The highest BCUT2D eigenvalue weighted by Gasteiger charge is 2.22. The first kappa shape index (κ1) is 12.4. The average Bonchev–Trinajstić information content (AvgIpc) is 2.27. The van der Waals surface area contributed by atoms with Gasteiger partial charge in [-0.25, -0.2) is 0 Å². The summed E-state index contributed by atoms with van der Waals surface area (Å²) in [6, 6.07) is 6.62. The molecule has 0 bridgehead atoms. The molecule has 1 aromatic rings. The Balaban J connectivity index is 2.21. The molecule has 1 heterocycles. The van der Waals surface area contributed by atoms with Gasteiger partial charge in [0.15, 0.2) is 0 Å². The molecule has 2 heteroatoms. The lowest BCUT2D eigenvalue weighted by Gasteiger charge is -2.37. The van der Waals surface area contributed by atoms with E-state index in [9.17, 15) is 0 Å². The number of hydrogen-bond acceptors (Lipinski definition) is 2. The van der Waals surface area contributed by atoms with Crippen LogP contribution in [0.25, 0.3) is 0 Å². The van der Waals surface area contributed by atoms with Crippen LogP contribution in [0.15, 0.2) is 18.2 Å². The summed E-state index contributed by atoms with van der Waals surface area (Å²) < 4.78 is 0. The highest BCUT2D eigenvalue weighted by molar-refractivity contribution is 5.54. The zero-order chi connectivity index (χ0) is 12.4. The zero-order valence-electron chi connectivity index (χ0n) is 11.2. The van der Waals surface area contributed by atoms with Crippen LogP contribution in [0.4, 0.5) is 5.69 Å². The molecule has 0 amide bonds. The van der Waals surface area contributed by atoms with Gasteiger partial charge in [-0.05, 0) is 42.4 Å². The van der Waals surface area contributed by atoms with Gasteiger partial charge in [0, 0.05) is 25.3 Å². The predicted octanol–water partition coefficient (Wildman–Crippen LogP) is 2.94. The fourth-order valence-electron chi connectivity index (χ4n) is 3.06. The molecule has 1 saturated heterocycles. The molecule has 1 aliphatic rings. The van der Waals surface area contributed by atoms with Crippen molar-refractivity contribution in [1.82, 2.24) is 0 Å². The minimum absolute atomic E-state index is 0.633. The van der Waals surface area contributed by atoms with E-state index in [-0.39, 0.29) is 0 Å². The normalized spacial score (nSPS) is 25.1. The van der Waals surface area contributed by atoms with Gasteiger partial charge >= 0.3 is 0 Å². The van der Waals surface area contributed by atoms with Crippen molar-refractivity contribution < 1.29 is 0 Å². The van der Waals surface area contributed by atoms with E-state index in [4.69, 9.17) is 5.73 Å². The van der Waals surface area contributed by atoms with Crippen molar-refractivity contribution in [2.75, 3.05) is 18.0 Å². The van der Waals surface area contributed by atoms with Crippen molar-refractivity contribution in [2.45, 2.75) is 33.7 Å². The van der Waals surface area contributed by atoms with Gasteiger partial charge in [0.05, 0.1) is 0 Å². The summed E-state index contributed by atoms with van der Waals surface area (Å²) in [5, 5.41) is 0. The Hall–Kier alpha value is -1.02. The van der Waals surface area contributed by atoms with Gasteiger partial charge in [-0.1, -0.05) is 26.0 Å². The smallest absolute Gasteiger partial charge is 0.0396 e. The fourth-order valence-corrected chi connectivity index (χ4v) is 3.06. The van der Waals surface area contributed by atoms with Crippen LogP contribution in [0.1, 0.15) is 31.4 Å². The standard InChI is InChI=1S/C15H24N2/c1-11-6-12(2)10-17(9-11)15-5-4-14(8-16)7-13(15)3/h4-5,7,11-12H,6,8-10,16H2,1-3H3. The molecule has 0 radical (unpaired) electrons. The van der Waals surface area contributed by atoms with Crippen LogP contribution in [0, 0.1) is 18.8 Å². The number of piperidine rings is 1. The Morgan fingerprint density at radius 2 is 1.88 bits per heavy atom. The summed E-state index contributed by atoms with van der Waals surface area (Å²) in [6.07, 6.45) is 1.36. The SMILES string of the molecule is Cc1cc(CN)ccc1N1CC(C)CC(C)C1. The molecule has 1 fully saturated rings. The monoisotopic (exact) mass is 232 g/mol. The number of nitrogens with zero attached hydrogens (tertiary/aromatic N) is 1. The molecule has 2 nitrogen and oxygen atoms in total. The first-order valence-corrected chi connectivity index (χ1v) is 6.64. The molecule has 0 aromatic heterocycles. The van der Waals surface area contributed by atoms with Crippen LogP contribution < -0.4 is 10.6 Å². The largest absolute Gasteiger partial charge is 0.371 e. The molecular formula is C15H24N2. The van der Waals surface area contributed by atoms with Crippen molar-refractivity contribution in [2.24, 2.45) is 17.6 Å². The lowest BCUT2D eigenvalue weighted by Crippen LogP contribution is -2.39. The van der Waals surface area contributed by atoms with E-state index < -0.39 is 0 Å². The van der Waals surface area contributed by atoms with Gasteiger partial charge in [-0.2, -0.15) is 0 Å². The summed E-state index contributed by atoms with van der Waals surface area (Å²) in [5.41, 5.74) is 9.65. The van der Waals surface area contributed by atoms with E-state index in [1.54, 1.807) is 0 Å². The first-order valence-electron chi connectivity index (χ1n) is 6.64. The maximum Gasteiger partial charge on any atom is 0.0396 e.